The number of methoxy groups -OCH3 is 1. The Morgan fingerprint density at radius 2 is 1.88 bits per heavy atom. The van der Waals surface area contributed by atoms with Crippen molar-refractivity contribution in [3.05, 3.63) is 54.4 Å². The van der Waals surface area contributed by atoms with Crippen LogP contribution < -0.4 is 4.74 Å². The lowest BCUT2D eigenvalue weighted by Gasteiger charge is -2.26. The molecule has 0 atom stereocenters. The molecule has 1 fully saturated rings. The predicted octanol–water partition coefficient (Wildman–Crippen LogP) is 3.77. The molecule has 26 heavy (non-hydrogen) atoms. The van der Waals surface area contributed by atoms with E-state index < -0.39 is 0 Å². The highest BCUT2D eigenvalue weighted by Gasteiger charge is 2.24. The van der Waals surface area contributed by atoms with Gasteiger partial charge in [-0.3, -0.25) is 4.79 Å². The minimum Gasteiger partial charge on any atom is -0.497 e. The van der Waals surface area contributed by atoms with Crippen LogP contribution in [0.25, 0.3) is 17.1 Å². The van der Waals surface area contributed by atoms with E-state index in [2.05, 4.69) is 5.10 Å². The molecule has 3 aromatic rings. The number of benzene rings is 1. The molecule has 1 aliphatic rings. The van der Waals surface area contributed by atoms with Crippen molar-refractivity contribution in [2.24, 2.45) is 0 Å². The molecular weight excluding hydrogens is 330 g/mol. The fraction of sp³-hybridized carbons (Fsp3) is 0.300. The molecule has 0 N–H and O–H groups in total. The van der Waals surface area contributed by atoms with E-state index in [1.165, 1.54) is 6.42 Å². The summed E-state index contributed by atoms with van der Waals surface area (Å²) in [6.45, 7) is 1.59. The summed E-state index contributed by atoms with van der Waals surface area (Å²) in [7, 11) is 1.63. The molecular formula is C20H21N3O3. The minimum absolute atomic E-state index is 0.00539. The van der Waals surface area contributed by atoms with E-state index in [1.807, 2.05) is 41.3 Å². The van der Waals surface area contributed by atoms with Crippen LogP contribution in [0.15, 0.2) is 53.1 Å². The van der Waals surface area contributed by atoms with E-state index in [0.717, 1.165) is 37.4 Å². The topological polar surface area (TPSA) is 60.5 Å². The second-order valence-electron chi connectivity index (χ2n) is 6.35. The molecule has 0 bridgehead atoms. The summed E-state index contributed by atoms with van der Waals surface area (Å²) in [4.78, 5) is 15.0. The number of ether oxygens (including phenoxy) is 1. The molecule has 1 saturated heterocycles. The summed E-state index contributed by atoms with van der Waals surface area (Å²) >= 11 is 0. The van der Waals surface area contributed by atoms with Gasteiger partial charge in [-0.25, -0.2) is 4.68 Å². The number of carbonyl (C=O) groups is 1. The summed E-state index contributed by atoms with van der Waals surface area (Å²) in [6.07, 6.45) is 4.88. The van der Waals surface area contributed by atoms with E-state index in [1.54, 1.807) is 24.1 Å². The van der Waals surface area contributed by atoms with Crippen LogP contribution in [-0.4, -0.2) is 40.8 Å². The van der Waals surface area contributed by atoms with Crippen LogP contribution in [0.5, 0.6) is 5.75 Å². The Morgan fingerprint density at radius 3 is 2.54 bits per heavy atom. The lowest BCUT2D eigenvalue weighted by Crippen LogP contribution is -2.36. The molecule has 1 amide bonds. The standard InChI is InChI=1S/C20H21N3O3/c1-25-16-9-7-15(8-10-16)23-18(20(24)22-11-3-2-4-12-22)14-17(21-23)19-6-5-13-26-19/h5-10,13-14H,2-4,11-12H2,1H3. The largest absolute Gasteiger partial charge is 0.497 e. The molecule has 3 heterocycles. The van der Waals surface area contributed by atoms with Gasteiger partial charge >= 0.3 is 0 Å². The zero-order valence-electron chi connectivity index (χ0n) is 14.7. The van der Waals surface area contributed by atoms with Crippen molar-refractivity contribution in [2.45, 2.75) is 19.3 Å². The number of hydrogen-bond acceptors (Lipinski definition) is 4. The zero-order chi connectivity index (χ0) is 17.9. The average molecular weight is 351 g/mol. The van der Waals surface area contributed by atoms with Gasteiger partial charge in [0, 0.05) is 19.2 Å². The van der Waals surface area contributed by atoms with Gasteiger partial charge < -0.3 is 14.1 Å². The SMILES string of the molecule is COc1ccc(-n2nc(-c3ccco3)cc2C(=O)N2CCCCC2)cc1. The van der Waals surface area contributed by atoms with Gasteiger partial charge in [0.25, 0.3) is 5.91 Å². The fourth-order valence-electron chi connectivity index (χ4n) is 3.26. The van der Waals surface area contributed by atoms with E-state index in [9.17, 15) is 4.79 Å². The molecule has 1 aromatic carbocycles. The van der Waals surface area contributed by atoms with Crippen LogP contribution in [0.2, 0.25) is 0 Å². The molecule has 6 heteroatoms. The quantitative estimate of drug-likeness (QED) is 0.718. The number of aromatic nitrogens is 2. The number of piperidine rings is 1. The second kappa shape index (κ2) is 7.07. The van der Waals surface area contributed by atoms with Crippen LogP contribution in [0.1, 0.15) is 29.8 Å². The molecule has 1 aliphatic heterocycles. The van der Waals surface area contributed by atoms with Gasteiger partial charge in [-0.05, 0) is 55.7 Å². The number of furan rings is 1. The number of amides is 1. The van der Waals surface area contributed by atoms with Crippen LogP contribution in [0.3, 0.4) is 0 Å². The van der Waals surface area contributed by atoms with E-state index in [-0.39, 0.29) is 5.91 Å². The van der Waals surface area contributed by atoms with Gasteiger partial charge in [0.15, 0.2) is 5.76 Å². The summed E-state index contributed by atoms with van der Waals surface area (Å²) in [6, 6.07) is 13.0. The first-order valence-electron chi connectivity index (χ1n) is 8.84. The van der Waals surface area contributed by atoms with Crippen molar-refractivity contribution in [3.63, 3.8) is 0 Å². The van der Waals surface area contributed by atoms with Crippen molar-refractivity contribution in [3.8, 4) is 22.9 Å². The Morgan fingerprint density at radius 1 is 1.12 bits per heavy atom. The summed E-state index contributed by atoms with van der Waals surface area (Å²) in [5.74, 6) is 1.41. The molecule has 4 rings (SSSR count). The maximum Gasteiger partial charge on any atom is 0.272 e. The number of carbonyl (C=O) groups excluding carboxylic acids is 1. The number of likely N-dealkylation sites (tertiary alicyclic amines) is 1. The third-order valence-corrected chi connectivity index (χ3v) is 4.66. The summed E-state index contributed by atoms with van der Waals surface area (Å²) in [5, 5.41) is 4.63. The number of hydrogen-bond donors (Lipinski definition) is 0. The highest BCUT2D eigenvalue weighted by atomic mass is 16.5. The van der Waals surface area contributed by atoms with Crippen molar-refractivity contribution in [1.29, 1.82) is 0 Å². The van der Waals surface area contributed by atoms with Crippen LogP contribution in [-0.2, 0) is 0 Å². The van der Waals surface area contributed by atoms with Crippen molar-refractivity contribution < 1.29 is 13.9 Å². The predicted molar refractivity (Wildman–Crippen MR) is 97.6 cm³/mol. The van der Waals surface area contributed by atoms with Crippen LogP contribution in [0.4, 0.5) is 0 Å². The van der Waals surface area contributed by atoms with Gasteiger partial charge in [0.2, 0.25) is 0 Å². The Kier molecular flexibility index (Phi) is 4.48. The van der Waals surface area contributed by atoms with Crippen molar-refractivity contribution in [2.75, 3.05) is 20.2 Å². The lowest BCUT2D eigenvalue weighted by atomic mass is 10.1. The Balaban J connectivity index is 1.75. The van der Waals surface area contributed by atoms with Gasteiger partial charge in [0.1, 0.15) is 17.1 Å². The maximum atomic E-state index is 13.1. The normalized spacial score (nSPS) is 14.4. The molecule has 0 aliphatic carbocycles. The Bertz CT molecular complexity index is 876. The maximum absolute atomic E-state index is 13.1. The molecule has 0 radical (unpaired) electrons. The summed E-state index contributed by atoms with van der Waals surface area (Å²) < 4.78 is 12.4. The van der Waals surface area contributed by atoms with Crippen molar-refractivity contribution >= 4 is 5.91 Å². The van der Waals surface area contributed by atoms with E-state index in [0.29, 0.717) is 17.1 Å². The fourth-order valence-corrected chi connectivity index (χ4v) is 3.26. The monoisotopic (exact) mass is 351 g/mol. The molecule has 2 aromatic heterocycles. The van der Waals surface area contributed by atoms with E-state index in [4.69, 9.17) is 9.15 Å². The van der Waals surface area contributed by atoms with Crippen molar-refractivity contribution in [1.82, 2.24) is 14.7 Å². The second-order valence-corrected chi connectivity index (χ2v) is 6.35. The third-order valence-electron chi connectivity index (χ3n) is 4.66. The Hall–Kier alpha value is -3.02. The molecule has 134 valence electrons. The molecule has 0 saturated carbocycles. The lowest BCUT2D eigenvalue weighted by molar-refractivity contribution is 0.0715. The molecule has 0 spiro atoms. The highest BCUT2D eigenvalue weighted by molar-refractivity contribution is 5.94. The van der Waals surface area contributed by atoms with Gasteiger partial charge in [-0.15, -0.1) is 0 Å². The van der Waals surface area contributed by atoms with Gasteiger partial charge in [-0.1, -0.05) is 0 Å². The first-order valence-corrected chi connectivity index (χ1v) is 8.84. The first-order chi connectivity index (χ1) is 12.8. The van der Waals surface area contributed by atoms with Crippen LogP contribution >= 0.6 is 0 Å². The third kappa shape index (κ3) is 3.10. The zero-order valence-corrected chi connectivity index (χ0v) is 14.7. The first kappa shape index (κ1) is 16.4. The van der Waals surface area contributed by atoms with Gasteiger partial charge in [-0.2, -0.15) is 5.10 Å². The Labute approximate surface area is 152 Å². The smallest absolute Gasteiger partial charge is 0.272 e. The molecule has 0 unspecified atom stereocenters. The van der Waals surface area contributed by atoms with Crippen LogP contribution in [0, 0.1) is 0 Å². The highest BCUT2D eigenvalue weighted by Crippen LogP contribution is 2.25. The molecule has 6 nitrogen and oxygen atoms in total. The van der Waals surface area contributed by atoms with Gasteiger partial charge in [0.05, 0.1) is 19.1 Å². The number of rotatable bonds is 4. The summed E-state index contributed by atoms with van der Waals surface area (Å²) in [5.41, 5.74) is 2.00. The minimum atomic E-state index is 0.00539. The number of nitrogens with zero attached hydrogens (tertiary/aromatic N) is 3. The average Bonchev–Trinajstić information content (AvgIpc) is 3.38. The van der Waals surface area contributed by atoms with E-state index >= 15 is 0 Å².